The van der Waals surface area contributed by atoms with Crippen molar-refractivity contribution in [3.63, 3.8) is 0 Å². The highest BCUT2D eigenvalue weighted by Gasteiger charge is 2.36. The molecule has 7 nitrogen and oxygen atoms in total. The number of nitrogens with zero attached hydrogens (tertiary/aromatic N) is 2. The molecule has 1 aliphatic heterocycles. The van der Waals surface area contributed by atoms with Crippen LogP contribution in [-0.4, -0.2) is 33.9 Å². The average Bonchev–Trinajstić information content (AvgIpc) is 2.87. The molecule has 0 saturated carbocycles. The number of para-hydroxylation sites is 1. The van der Waals surface area contributed by atoms with Gasteiger partial charge in [-0.1, -0.05) is 50.2 Å². The van der Waals surface area contributed by atoms with Gasteiger partial charge in [0.15, 0.2) is 0 Å². The van der Waals surface area contributed by atoms with Crippen LogP contribution in [0.1, 0.15) is 61.4 Å². The third kappa shape index (κ3) is 5.93. The van der Waals surface area contributed by atoms with E-state index in [4.69, 9.17) is 0 Å². The van der Waals surface area contributed by atoms with E-state index in [2.05, 4.69) is 10.3 Å². The van der Waals surface area contributed by atoms with Gasteiger partial charge in [0, 0.05) is 30.1 Å². The summed E-state index contributed by atoms with van der Waals surface area (Å²) >= 11 is 0. The second-order valence-corrected chi connectivity index (χ2v) is 10.5. The number of amides is 2. The highest BCUT2D eigenvalue weighted by molar-refractivity contribution is 6.03. The maximum atomic E-state index is 13.8. The lowest BCUT2D eigenvalue weighted by Crippen LogP contribution is -2.52. The molecule has 198 valence electrons. The summed E-state index contributed by atoms with van der Waals surface area (Å²) < 4.78 is 0. The maximum Gasteiger partial charge on any atom is 0.305 e. The minimum Gasteiger partial charge on any atom is -0.481 e. The number of anilines is 1. The number of fused-ring (bicyclic) bond motifs is 1. The van der Waals surface area contributed by atoms with E-state index in [0.717, 1.165) is 33.5 Å². The molecule has 7 heteroatoms. The molecule has 0 saturated heterocycles. The fourth-order valence-corrected chi connectivity index (χ4v) is 5.32. The Morgan fingerprint density at radius 2 is 1.74 bits per heavy atom. The van der Waals surface area contributed by atoms with E-state index in [9.17, 15) is 19.5 Å². The molecule has 0 bridgehead atoms. The lowest BCUT2D eigenvalue weighted by Gasteiger charge is -2.36. The molecular weight excluding hydrogens is 478 g/mol. The van der Waals surface area contributed by atoms with Crippen molar-refractivity contribution in [2.45, 2.75) is 65.5 Å². The van der Waals surface area contributed by atoms with Gasteiger partial charge in [-0.05, 0) is 72.6 Å². The van der Waals surface area contributed by atoms with Gasteiger partial charge in [-0.2, -0.15) is 0 Å². The van der Waals surface area contributed by atoms with E-state index < -0.39 is 18.1 Å². The molecule has 1 aromatic heterocycles. The van der Waals surface area contributed by atoms with Crippen molar-refractivity contribution in [2.75, 3.05) is 4.90 Å². The zero-order valence-corrected chi connectivity index (χ0v) is 22.4. The molecule has 2 atom stereocenters. The number of aromatic nitrogens is 1. The van der Waals surface area contributed by atoms with Gasteiger partial charge in [-0.15, -0.1) is 0 Å². The summed E-state index contributed by atoms with van der Waals surface area (Å²) in [5, 5.41) is 12.7. The molecule has 38 heavy (non-hydrogen) atoms. The first-order valence-electron chi connectivity index (χ1n) is 13.1. The fourth-order valence-electron chi connectivity index (χ4n) is 5.32. The number of aryl methyl sites for hydroxylation is 3. The van der Waals surface area contributed by atoms with Gasteiger partial charge >= 0.3 is 5.97 Å². The first-order valence-corrected chi connectivity index (χ1v) is 13.1. The van der Waals surface area contributed by atoms with E-state index in [1.54, 1.807) is 17.3 Å². The third-order valence-electron chi connectivity index (χ3n) is 7.06. The minimum atomic E-state index is -1.03. The van der Waals surface area contributed by atoms with Crippen molar-refractivity contribution in [1.82, 2.24) is 10.3 Å². The summed E-state index contributed by atoms with van der Waals surface area (Å²) in [6.07, 6.45) is 4.47. The van der Waals surface area contributed by atoms with Crippen LogP contribution < -0.4 is 10.2 Å². The Hall–Kier alpha value is -4.00. The van der Waals surface area contributed by atoms with Crippen LogP contribution in [-0.2, 0) is 20.8 Å². The number of benzene rings is 2. The summed E-state index contributed by atoms with van der Waals surface area (Å²) in [7, 11) is 0. The van der Waals surface area contributed by atoms with Gasteiger partial charge in [0.2, 0.25) is 11.8 Å². The molecule has 2 aromatic carbocycles. The fraction of sp³-hybridized carbons (Fsp3) is 0.355. The van der Waals surface area contributed by atoms with Gasteiger partial charge in [0.05, 0.1) is 12.5 Å². The van der Waals surface area contributed by atoms with Crippen LogP contribution in [0.25, 0.3) is 11.1 Å². The van der Waals surface area contributed by atoms with Crippen molar-refractivity contribution < 1.29 is 19.5 Å². The lowest BCUT2D eigenvalue weighted by molar-refractivity contribution is -0.138. The van der Waals surface area contributed by atoms with E-state index in [1.165, 1.54) is 0 Å². The first-order chi connectivity index (χ1) is 18.2. The third-order valence-corrected chi connectivity index (χ3v) is 7.06. The number of carbonyl (C=O) groups excluding carboxylic acids is 2. The highest BCUT2D eigenvalue weighted by Crippen LogP contribution is 2.32. The molecule has 1 aliphatic rings. The van der Waals surface area contributed by atoms with Crippen LogP contribution in [0.5, 0.6) is 0 Å². The van der Waals surface area contributed by atoms with Gasteiger partial charge in [0.25, 0.3) is 0 Å². The van der Waals surface area contributed by atoms with Crippen molar-refractivity contribution in [3.05, 3.63) is 83.2 Å². The molecule has 0 fully saturated rings. The predicted octanol–water partition coefficient (Wildman–Crippen LogP) is 5.39. The SMILES string of the molecule is Cc1cccc(C)c1-c1cncc([C@H](CC(=O)O)NC(=O)C(CC(C)C)N2C(=O)CCc3ccccc32)c1. The molecule has 3 aromatic rings. The second kappa shape index (κ2) is 11.6. The molecule has 0 spiro atoms. The second-order valence-electron chi connectivity index (χ2n) is 10.5. The van der Waals surface area contributed by atoms with Crippen molar-refractivity contribution >= 4 is 23.5 Å². The number of aliphatic carboxylic acids is 1. The largest absolute Gasteiger partial charge is 0.481 e. The minimum absolute atomic E-state index is 0.0991. The number of nitrogens with one attached hydrogen (secondary N) is 1. The van der Waals surface area contributed by atoms with Crippen LogP contribution in [0.15, 0.2) is 60.9 Å². The molecular formula is C31H35N3O4. The zero-order valence-electron chi connectivity index (χ0n) is 22.4. The van der Waals surface area contributed by atoms with E-state index in [0.29, 0.717) is 24.8 Å². The van der Waals surface area contributed by atoms with Gasteiger partial charge in [-0.3, -0.25) is 24.3 Å². The summed E-state index contributed by atoms with van der Waals surface area (Å²) in [6, 6.07) is 14.0. The number of carbonyl (C=O) groups is 3. The Kier molecular flexibility index (Phi) is 8.25. The van der Waals surface area contributed by atoms with Gasteiger partial charge in [-0.25, -0.2) is 0 Å². The molecule has 0 radical (unpaired) electrons. The molecule has 2 amide bonds. The number of hydrogen-bond donors (Lipinski definition) is 2. The van der Waals surface area contributed by atoms with Crippen LogP contribution in [0, 0.1) is 19.8 Å². The molecule has 2 heterocycles. The number of hydrogen-bond acceptors (Lipinski definition) is 4. The molecule has 2 N–H and O–H groups in total. The Labute approximate surface area is 223 Å². The van der Waals surface area contributed by atoms with Crippen molar-refractivity contribution in [2.24, 2.45) is 5.92 Å². The Bertz CT molecular complexity index is 1330. The van der Waals surface area contributed by atoms with Gasteiger partial charge < -0.3 is 10.4 Å². The number of pyridine rings is 1. The number of rotatable bonds is 9. The first kappa shape index (κ1) is 27.0. The Morgan fingerprint density at radius 3 is 2.42 bits per heavy atom. The Morgan fingerprint density at radius 1 is 1.03 bits per heavy atom. The monoisotopic (exact) mass is 513 g/mol. The zero-order chi connectivity index (χ0) is 27.4. The normalized spacial score (nSPS) is 14.7. The smallest absolute Gasteiger partial charge is 0.305 e. The van der Waals surface area contributed by atoms with E-state index in [-0.39, 0.29) is 24.2 Å². The van der Waals surface area contributed by atoms with Crippen LogP contribution in [0.3, 0.4) is 0 Å². The van der Waals surface area contributed by atoms with Crippen LogP contribution in [0.2, 0.25) is 0 Å². The Balaban J connectivity index is 1.69. The maximum absolute atomic E-state index is 13.8. The summed E-state index contributed by atoms with van der Waals surface area (Å²) in [5.41, 5.74) is 6.45. The molecule has 4 rings (SSSR count). The average molecular weight is 514 g/mol. The van der Waals surface area contributed by atoms with Crippen LogP contribution in [0.4, 0.5) is 5.69 Å². The summed E-state index contributed by atoms with van der Waals surface area (Å²) in [5.74, 6) is -1.36. The number of carboxylic acids is 1. The van der Waals surface area contributed by atoms with E-state index in [1.807, 2.05) is 76.2 Å². The molecule has 1 unspecified atom stereocenters. The predicted molar refractivity (Wildman–Crippen MR) is 148 cm³/mol. The van der Waals surface area contributed by atoms with Gasteiger partial charge in [0.1, 0.15) is 6.04 Å². The number of carboxylic acid groups (broad SMARTS) is 1. The van der Waals surface area contributed by atoms with E-state index >= 15 is 0 Å². The summed E-state index contributed by atoms with van der Waals surface area (Å²) in [6.45, 7) is 8.06. The topological polar surface area (TPSA) is 99.6 Å². The quantitative estimate of drug-likeness (QED) is 0.400. The lowest BCUT2D eigenvalue weighted by atomic mass is 9.93. The molecule has 0 aliphatic carbocycles. The highest BCUT2D eigenvalue weighted by atomic mass is 16.4. The standard InChI is InChI=1S/C31H35N3O4/c1-19(2)14-27(34-26-11-6-5-10-22(26)12-13-28(34)35)31(38)33-25(16-29(36)37)23-15-24(18-32-17-23)30-20(3)8-7-9-21(30)4/h5-11,15,17-19,25,27H,12-14,16H2,1-4H3,(H,33,38)(H,36,37)/t25-,27?/m0/s1. The van der Waals surface area contributed by atoms with Crippen molar-refractivity contribution in [1.29, 1.82) is 0 Å². The van der Waals surface area contributed by atoms with Crippen LogP contribution >= 0.6 is 0 Å². The summed E-state index contributed by atoms with van der Waals surface area (Å²) in [4.78, 5) is 44.8. The van der Waals surface area contributed by atoms with Crippen molar-refractivity contribution in [3.8, 4) is 11.1 Å².